The number of hydrogen-bond acceptors (Lipinski definition) is 6. The predicted octanol–water partition coefficient (Wildman–Crippen LogP) is 6.98. The van der Waals surface area contributed by atoms with Crippen molar-refractivity contribution in [2.45, 2.75) is 53.4 Å². The highest BCUT2D eigenvalue weighted by Gasteiger charge is 2.36. The van der Waals surface area contributed by atoms with E-state index in [2.05, 4.69) is 37.6 Å². The summed E-state index contributed by atoms with van der Waals surface area (Å²) in [6, 6.07) is 19.3. The Morgan fingerprint density at radius 2 is 1.84 bits per heavy atom. The van der Waals surface area contributed by atoms with E-state index in [9.17, 15) is 14.7 Å². The van der Waals surface area contributed by atoms with E-state index < -0.39 is 5.97 Å². The number of carboxylic acids is 1. The van der Waals surface area contributed by atoms with Gasteiger partial charge in [0.05, 0.1) is 30.9 Å². The number of nitrogens with zero attached hydrogens (tertiary/aromatic N) is 3. The summed E-state index contributed by atoms with van der Waals surface area (Å²) < 4.78 is 11.9. The van der Waals surface area contributed by atoms with Gasteiger partial charge in [0.25, 0.3) is 5.91 Å². The molecular formula is C37H47N3O5. The molecule has 45 heavy (non-hydrogen) atoms. The summed E-state index contributed by atoms with van der Waals surface area (Å²) in [7, 11) is 1.65. The molecule has 0 radical (unpaired) electrons. The zero-order valence-electron chi connectivity index (χ0n) is 27.2. The number of hydrogen-bond donors (Lipinski definition) is 1. The highest BCUT2D eigenvalue weighted by Crippen LogP contribution is 2.39. The Labute approximate surface area is 267 Å². The van der Waals surface area contributed by atoms with E-state index >= 15 is 0 Å². The number of amides is 1. The van der Waals surface area contributed by atoms with Gasteiger partial charge in [-0.05, 0) is 90.8 Å². The lowest BCUT2D eigenvalue weighted by Gasteiger charge is -2.39. The van der Waals surface area contributed by atoms with Gasteiger partial charge in [-0.15, -0.1) is 0 Å². The number of benzene rings is 2. The molecule has 1 saturated heterocycles. The fraction of sp³-hybridized carbons (Fsp3) is 0.486. The minimum absolute atomic E-state index is 0.0777. The molecule has 1 aromatic heterocycles. The molecule has 240 valence electrons. The molecule has 1 amide bonds. The van der Waals surface area contributed by atoms with Crippen LogP contribution < -0.4 is 19.3 Å². The third-order valence-electron chi connectivity index (χ3n) is 8.99. The standard InChI is InChI=1S/C37H47N3O5/c1-25-22-39(18-16-28(25)23-45-30-10-8-9-26(19-30)20-32(36(42)43)27-12-13-27)33-21-29(44-5)14-15-31(33)35(41)40(24-37(2,3)4)34-11-6-7-17-38-34/h6-11,14-15,17,19,21,25,27-28,32H,12-13,16,18,20,22-24H2,1-5H3,(H,42,43)/t25-,28-,32?/m0/s1. The predicted molar refractivity (Wildman–Crippen MR) is 177 cm³/mol. The molecule has 2 aromatic carbocycles. The monoisotopic (exact) mass is 613 g/mol. The molecule has 0 bridgehead atoms. The van der Waals surface area contributed by atoms with E-state index in [1.54, 1.807) is 18.2 Å². The first-order valence-electron chi connectivity index (χ1n) is 16.1. The summed E-state index contributed by atoms with van der Waals surface area (Å²) in [4.78, 5) is 34.6. The highest BCUT2D eigenvalue weighted by atomic mass is 16.5. The minimum atomic E-state index is -0.705. The molecule has 1 saturated carbocycles. The Kier molecular flexibility index (Phi) is 10.0. The fourth-order valence-corrected chi connectivity index (χ4v) is 6.31. The Morgan fingerprint density at radius 1 is 1.04 bits per heavy atom. The number of methoxy groups -OCH3 is 1. The Bertz CT molecular complexity index is 1470. The number of pyridine rings is 1. The molecule has 3 aromatic rings. The van der Waals surface area contributed by atoms with Crippen LogP contribution in [0.1, 0.15) is 62.9 Å². The van der Waals surface area contributed by atoms with Crippen LogP contribution in [0.5, 0.6) is 11.5 Å². The summed E-state index contributed by atoms with van der Waals surface area (Å²) in [5.41, 5.74) is 2.39. The molecule has 2 fully saturated rings. The number of carbonyl (C=O) groups is 2. The minimum Gasteiger partial charge on any atom is -0.497 e. The molecule has 8 heteroatoms. The first-order chi connectivity index (χ1) is 21.5. The van der Waals surface area contributed by atoms with Crippen LogP contribution in [0.3, 0.4) is 0 Å². The van der Waals surface area contributed by atoms with Gasteiger partial charge in [-0.3, -0.25) is 14.5 Å². The summed E-state index contributed by atoms with van der Waals surface area (Å²) >= 11 is 0. The Hall–Kier alpha value is -4.07. The molecule has 2 heterocycles. The first kappa shape index (κ1) is 32.3. The number of rotatable bonds is 12. The molecule has 5 rings (SSSR count). The lowest BCUT2D eigenvalue weighted by Crippen LogP contribution is -2.43. The molecule has 8 nitrogen and oxygen atoms in total. The van der Waals surface area contributed by atoms with Crippen LogP contribution in [0.4, 0.5) is 11.5 Å². The smallest absolute Gasteiger partial charge is 0.307 e. The average molecular weight is 614 g/mol. The van der Waals surface area contributed by atoms with Crippen molar-refractivity contribution < 1.29 is 24.2 Å². The molecule has 2 aliphatic rings. The maximum Gasteiger partial charge on any atom is 0.307 e. The third-order valence-corrected chi connectivity index (χ3v) is 8.99. The van der Waals surface area contributed by atoms with Crippen LogP contribution in [-0.4, -0.2) is 55.3 Å². The summed E-state index contributed by atoms with van der Waals surface area (Å²) in [6.45, 7) is 11.3. The molecule has 0 spiro atoms. The van der Waals surface area contributed by atoms with Gasteiger partial charge in [-0.2, -0.15) is 0 Å². The van der Waals surface area contributed by atoms with E-state index in [0.29, 0.717) is 54.5 Å². The number of carbonyl (C=O) groups excluding carboxylic acids is 1. The third kappa shape index (κ3) is 8.35. The highest BCUT2D eigenvalue weighted by molar-refractivity contribution is 6.09. The van der Waals surface area contributed by atoms with Crippen LogP contribution in [0.2, 0.25) is 0 Å². The number of aliphatic carboxylic acids is 1. The normalized spacial score (nSPS) is 19.1. The molecular weight excluding hydrogens is 566 g/mol. The average Bonchev–Trinajstić information content (AvgIpc) is 3.87. The zero-order valence-corrected chi connectivity index (χ0v) is 27.2. The van der Waals surface area contributed by atoms with Gasteiger partial charge in [0, 0.05) is 31.9 Å². The summed E-state index contributed by atoms with van der Waals surface area (Å²) in [5, 5.41) is 9.66. The number of ether oxygens (including phenoxy) is 2. The van der Waals surface area contributed by atoms with Crippen LogP contribution in [0.15, 0.2) is 66.9 Å². The van der Waals surface area contributed by atoms with Gasteiger partial charge in [0.2, 0.25) is 0 Å². The van der Waals surface area contributed by atoms with E-state index in [1.165, 1.54) is 0 Å². The quantitative estimate of drug-likeness (QED) is 0.236. The van der Waals surface area contributed by atoms with Crippen molar-refractivity contribution >= 4 is 23.4 Å². The van der Waals surface area contributed by atoms with Crippen molar-refractivity contribution in [3.05, 3.63) is 78.0 Å². The number of piperidine rings is 1. The molecule has 1 N–H and O–H groups in total. The van der Waals surface area contributed by atoms with E-state index in [0.717, 1.165) is 49.4 Å². The van der Waals surface area contributed by atoms with Crippen LogP contribution in [0.25, 0.3) is 0 Å². The van der Waals surface area contributed by atoms with Gasteiger partial charge >= 0.3 is 5.97 Å². The van der Waals surface area contributed by atoms with Gasteiger partial charge < -0.3 is 19.5 Å². The van der Waals surface area contributed by atoms with Crippen LogP contribution in [-0.2, 0) is 11.2 Å². The van der Waals surface area contributed by atoms with Gasteiger partial charge in [-0.1, -0.05) is 45.9 Å². The second-order valence-corrected chi connectivity index (χ2v) is 13.9. The Balaban J connectivity index is 1.28. The maximum atomic E-state index is 14.2. The summed E-state index contributed by atoms with van der Waals surface area (Å²) in [5.74, 6) is 2.01. The molecule has 3 atom stereocenters. The summed E-state index contributed by atoms with van der Waals surface area (Å²) in [6.07, 6.45) is 5.20. The number of carboxylic acid groups (broad SMARTS) is 1. The first-order valence-corrected chi connectivity index (χ1v) is 16.1. The largest absolute Gasteiger partial charge is 0.497 e. The van der Waals surface area contributed by atoms with Crippen molar-refractivity contribution in [3.8, 4) is 11.5 Å². The van der Waals surface area contributed by atoms with E-state index in [4.69, 9.17) is 9.47 Å². The zero-order chi connectivity index (χ0) is 32.1. The fourth-order valence-electron chi connectivity index (χ4n) is 6.31. The van der Waals surface area contributed by atoms with E-state index in [-0.39, 0.29) is 17.2 Å². The second kappa shape index (κ2) is 13.9. The van der Waals surface area contributed by atoms with E-state index in [1.807, 2.05) is 60.7 Å². The van der Waals surface area contributed by atoms with Crippen LogP contribution >= 0.6 is 0 Å². The van der Waals surface area contributed by atoms with Crippen molar-refractivity contribution in [2.24, 2.45) is 29.1 Å². The lowest BCUT2D eigenvalue weighted by atomic mass is 9.87. The topological polar surface area (TPSA) is 92.2 Å². The number of aromatic nitrogens is 1. The SMILES string of the molecule is COc1ccc(C(=O)N(CC(C)(C)C)c2ccccn2)c(N2CC[C@@H](COc3cccc(CC(C(=O)O)C4CC4)c3)[C@@H](C)C2)c1. The maximum absolute atomic E-state index is 14.2. The molecule has 1 aliphatic carbocycles. The second-order valence-electron chi connectivity index (χ2n) is 13.9. The lowest BCUT2D eigenvalue weighted by molar-refractivity contribution is -0.142. The van der Waals surface area contributed by atoms with Crippen LogP contribution in [0, 0.1) is 29.1 Å². The van der Waals surface area contributed by atoms with Crippen molar-refractivity contribution in [1.82, 2.24) is 4.98 Å². The van der Waals surface area contributed by atoms with Crippen molar-refractivity contribution in [1.29, 1.82) is 0 Å². The van der Waals surface area contributed by atoms with Crippen molar-refractivity contribution in [3.63, 3.8) is 0 Å². The van der Waals surface area contributed by atoms with Gasteiger partial charge in [-0.25, -0.2) is 4.98 Å². The van der Waals surface area contributed by atoms with Gasteiger partial charge in [0.1, 0.15) is 17.3 Å². The molecule has 1 unspecified atom stereocenters. The van der Waals surface area contributed by atoms with Gasteiger partial charge in [0.15, 0.2) is 0 Å². The van der Waals surface area contributed by atoms with Crippen molar-refractivity contribution in [2.75, 3.05) is 43.2 Å². The number of anilines is 2. The Morgan fingerprint density at radius 3 is 2.49 bits per heavy atom. The molecule has 1 aliphatic heterocycles.